The van der Waals surface area contributed by atoms with Crippen molar-refractivity contribution in [1.82, 2.24) is 5.32 Å². The van der Waals surface area contributed by atoms with Crippen molar-refractivity contribution >= 4 is 21.6 Å². The molecule has 1 N–H and O–H groups in total. The number of anilines is 1. The summed E-state index contributed by atoms with van der Waals surface area (Å²) < 4.78 is 44.3. The van der Waals surface area contributed by atoms with Crippen LogP contribution < -0.4 is 14.4 Å². The van der Waals surface area contributed by atoms with Crippen molar-refractivity contribution in [3.05, 3.63) is 59.4 Å². The van der Waals surface area contributed by atoms with Crippen LogP contribution in [0.2, 0.25) is 0 Å². The van der Waals surface area contributed by atoms with Crippen LogP contribution in [0.1, 0.15) is 30.5 Å². The molecule has 1 atom stereocenters. The molecule has 0 fully saturated rings. The van der Waals surface area contributed by atoms with Gasteiger partial charge in [0, 0.05) is 0 Å². The quantitative estimate of drug-likeness (QED) is 0.728. The van der Waals surface area contributed by atoms with E-state index in [1.54, 1.807) is 7.11 Å². The lowest BCUT2D eigenvalue weighted by Gasteiger charge is -2.24. The lowest BCUT2D eigenvalue weighted by atomic mass is 10.0. The van der Waals surface area contributed by atoms with E-state index < -0.39 is 28.3 Å². The number of rotatable bonds is 8. The van der Waals surface area contributed by atoms with Gasteiger partial charge in [-0.25, -0.2) is 12.8 Å². The Morgan fingerprint density at radius 1 is 1.25 bits per heavy atom. The predicted octanol–water partition coefficient (Wildman–Crippen LogP) is 3.18. The number of halogens is 1. The number of nitrogens with zero attached hydrogens (tertiary/aromatic N) is 1. The smallest absolute Gasteiger partial charge is 0.241 e. The van der Waals surface area contributed by atoms with Crippen LogP contribution in [-0.4, -0.2) is 34.2 Å². The lowest BCUT2D eigenvalue weighted by molar-refractivity contribution is -0.120. The molecule has 1 amide bonds. The van der Waals surface area contributed by atoms with Crippen molar-refractivity contribution in [3.63, 3.8) is 0 Å². The summed E-state index contributed by atoms with van der Waals surface area (Å²) in [5, 5.41) is 2.83. The number of methoxy groups -OCH3 is 1. The number of benzene rings is 2. The van der Waals surface area contributed by atoms with Gasteiger partial charge in [0.15, 0.2) is 0 Å². The molecule has 0 radical (unpaired) electrons. The molecule has 6 nitrogen and oxygen atoms in total. The second-order valence-electron chi connectivity index (χ2n) is 6.48. The first-order valence-electron chi connectivity index (χ1n) is 8.83. The van der Waals surface area contributed by atoms with Crippen LogP contribution in [0.4, 0.5) is 10.1 Å². The van der Waals surface area contributed by atoms with E-state index in [1.165, 1.54) is 18.2 Å². The van der Waals surface area contributed by atoms with Crippen LogP contribution in [0, 0.1) is 12.7 Å². The molecule has 0 aliphatic carbocycles. The summed E-state index contributed by atoms with van der Waals surface area (Å²) in [5.41, 5.74) is 1.65. The molecule has 2 rings (SSSR count). The summed E-state index contributed by atoms with van der Waals surface area (Å²) >= 11 is 0. The molecule has 0 aliphatic rings. The highest BCUT2D eigenvalue weighted by molar-refractivity contribution is 7.92. The van der Waals surface area contributed by atoms with Crippen LogP contribution in [0.5, 0.6) is 5.75 Å². The molecule has 152 valence electrons. The highest BCUT2D eigenvalue weighted by Crippen LogP contribution is 2.25. The first-order chi connectivity index (χ1) is 13.2. The van der Waals surface area contributed by atoms with Crippen molar-refractivity contribution in [2.45, 2.75) is 26.3 Å². The van der Waals surface area contributed by atoms with Crippen LogP contribution in [-0.2, 0) is 14.8 Å². The monoisotopic (exact) mass is 408 g/mol. The molecule has 0 saturated heterocycles. The summed E-state index contributed by atoms with van der Waals surface area (Å²) in [6.07, 6.45) is 1.55. The SMILES string of the molecule is CC[C@H](NC(=O)CN(c1ccccc1F)S(C)(=O)=O)c1ccc(OC)c(C)c1. The van der Waals surface area contributed by atoms with E-state index in [4.69, 9.17) is 4.74 Å². The second kappa shape index (κ2) is 9.05. The van der Waals surface area contributed by atoms with Gasteiger partial charge in [-0.1, -0.05) is 31.2 Å². The van der Waals surface area contributed by atoms with Gasteiger partial charge in [0.25, 0.3) is 0 Å². The van der Waals surface area contributed by atoms with Crippen molar-refractivity contribution in [2.75, 3.05) is 24.2 Å². The van der Waals surface area contributed by atoms with Gasteiger partial charge in [-0.05, 0) is 42.7 Å². The van der Waals surface area contributed by atoms with E-state index in [1.807, 2.05) is 32.0 Å². The Bertz CT molecular complexity index is 947. The third kappa shape index (κ3) is 5.22. The Kier molecular flexibility index (Phi) is 7.01. The third-order valence-electron chi connectivity index (χ3n) is 4.37. The van der Waals surface area contributed by atoms with Crippen LogP contribution in [0.3, 0.4) is 0 Å². The molecule has 28 heavy (non-hydrogen) atoms. The van der Waals surface area contributed by atoms with Gasteiger partial charge in [-0.2, -0.15) is 0 Å². The van der Waals surface area contributed by atoms with Crippen LogP contribution in [0.15, 0.2) is 42.5 Å². The number of hydrogen-bond acceptors (Lipinski definition) is 4. The standard InChI is InChI=1S/C20H25FN2O4S/c1-5-17(15-10-11-19(27-3)14(2)12-15)22-20(24)13-23(28(4,25)26)18-9-7-6-8-16(18)21/h6-12,17H,5,13H2,1-4H3,(H,22,24)/t17-/m0/s1. The number of hydrogen-bond donors (Lipinski definition) is 1. The average molecular weight is 408 g/mol. The summed E-state index contributed by atoms with van der Waals surface area (Å²) in [4.78, 5) is 12.6. The maximum absolute atomic E-state index is 14.1. The van der Waals surface area contributed by atoms with Gasteiger partial charge in [0.2, 0.25) is 15.9 Å². The summed E-state index contributed by atoms with van der Waals surface area (Å²) in [6, 6.07) is 10.7. The lowest BCUT2D eigenvalue weighted by Crippen LogP contribution is -2.41. The van der Waals surface area contributed by atoms with Crippen LogP contribution in [0.25, 0.3) is 0 Å². The highest BCUT2D eigenvalue weighted by atomic mass is 32.2. The van der Waals surface area contributed by atoms with Gasteiger partial charge in [0.1, 0.15) is 18.1 Å². The van der Waals surface area contributed by atoms with Crippen molar-refractivity contribution < 1.29 is 22.3 Å². The molecule has 0 aliphatic heterocycles. The Morgan fingerprint density at radius 3 is 2.46 bits per heavy atom. The van der Waals surface area contributed by atoms with Crippen LogP contribution >= 0.6 is 0 Å². The molecular weight excluding hydrogens is 383 g/mol. The molecule has 0 saturated carbocycles. The third-order valence-corrected chi connectivity index (χ3v) is 5.50. The van der Waals surface area contributed by atoms with Gasteiger partial charge in [-0.15, -0.1) is 0 Å². The number of nitrogens with one attached hydrogen (secondary N) is 1. The Hall–Kier alpha value is -2.61. The molecule has 2 aromatic rings. The Balaban J connectivity index is 2.21. The summed E-state index contributed by atoms with van der Waals surface area (Å²) in [7, 11) is -2.26. The zero-order valence-electron chi connectivity index (χ0n) is 16.4. The number of carbonyl (C=O) groups is 1. The zero-order chi connectivity index (χ0) is 20.9. The van der Waals surface area contributed by atoms with E-state index in [0.717, 1.165) is 33.5 Å². The summed E-state index contributed by atoms with van der Waals surface area (Å²) in [5.74, 6) is -0.486. The zero-order valence-corrected chi connectivity index (χ0v) is 17.2. The number of para-hydroxylation sites is 1. The minimum absolute atomic E-state index is 0.159. The fraction of sp³-hybridized carbons (Fsp3) is 0.350. The normalized spacial score (nSPS) is 12.3. The van der Waals surface area contributed by atoms with Crippen molar-refractivity contribution in [2.24, 2.45) is 0 Å². The number of ether oxygens (including phenoxy) is 1. The first kappa shape index (κ1) is 21.7. The number of aryl methyl sites for hydroxylation is 1. The molecule has 2 aromatic carbocycles. The molecule has 0 aromatic heterocycles. The minimum atomic E-state index is -3.84. The van der Waals surface area contributed by atoms with E-state index in [9.17, 15) is 17.6 Å². The van der Waals surface area contributed by atoms with Crippen molar-refractivity contribution in [1.29, 1.82) is 0 Å². The molecule has 0 spiro atoms. The maximum Gasteiger partial charge on any atom is 0.241 e. The fourth-order valence-corrected chi connectivity index (χ4v) is 3.80. The first-order valence-corrected chi connectivity index (χ1v) is 10.7. The average Bonchev–Trinajstić information content (AvgIpc) is 2.64. The van der Waals surface area contributed by atoms with E-state index in [2.05, 4.69) is 5.32 Å². The minimum Gasteiger partial charge on any atom is -0.496 e. The molecular formula is C20H25FN2O4S. The molecule has 0 bridgehead atoms. The Labute approximate surface area is 165 Å². The second-order valence-corrected chi connectivity index (χ2v) is 8.39. The number of carbonyl (C=O) groups excluding carboxylic acids is 1. The highest BCUT2D eigenvalue weighted by Gasteiger charge is 2.24. The molecule has 0 unspecified atom stereocenters. The number of amides is 1. The fourth-order valence-electron chi connectivity index (χ4n) is 2.94. The predicted molar refractivity (Wildman–Crippen MR) is 107 cm³/mol. The van der Waals surface area contributed by atoms with Gasteiger partial charge in [-0.3, -0.25) is 9.10 Å². The van der Waals surface area contributed by atoms with E-state index in [0.29, 0.717) is 6.42 Å². The van der Waals surface area contributed by atoms with E-state index >= 15 is 0 Å². The van der Waals surface area contributed by atoms with Crippen molar-refractivity contribution in [3.8, 4) is 5.75 Å². The van der Waals surface area contributed by atoms with Gasteiger partial charge < -0.3 is 10.1 Å². The maximum atomic E-state index is 14.1. The number of sulfonamides is 1. The molecule has 8 heteroatoms. The molecule has 0 heterocycles. The van der Waals surface area contributed by atoms with E-state index in [-0.39, 0.29) is 11.7 Å². The Morgan fingerprint density at radius 2 is 1.93 bits per heavy atom. The van der Waals surface area contributed by atoms with Gasteiger partial charge >= 0.3 is 0 Å². The topological polar surface area (TPSA) is 75.7 Å². The largest absolute Gasteiger partial charge is 0.496 e. The summed E-state index contributed by atoms with van der Waals surface area (Å²) in [6.45, 7) is 3.31. The van der Waals surface area contributed by atoms with Gasteiger partial charge in [0.05, 0.1) is 25.1 Å².